The van der Waals surface area contributed by atoms with Crippen molar-refractivity contribution in [3.63, 3.8) is 0 Å². The second-order valence-corrected chi connectivity index (χ2v) is 12.3. The number of aromatic nitrogens is 1. The number of fused-ring (bicyclic) bond motifs is 1. The van der Waals surface area contributed by atoms with Crippen molar-refractivity contribution in [2.45, 2.75) is 58.0 Å². The first-order valence-corrected chi connectivity index (χ1v) is 14.9. The number of allylic oxidation sites excluding steroid dienone is 1. The van der Waals surface area contributed by atoms with Gasteiger partial charge in [0, 0.05) is 64.3 Å². The van der Waals surface area contributed by atoms with Crippen LogP contribution in [0.5, 0.6) is 0 Å². The molecule has 0 bridgehead atoms. The van der Waals surface area contributed by atoms with Gasteiger partial charge in [-0.2, -0.15) is 0 Å². The monoisotopic (exact) mass is 511 g/mol. The van der Waals surface area contributed by atoms with E-state index in [0.29, 0.717) is 11.8 Å². The molecule has 4 heterocycles. The maximum atomic E-state index is 4.89. The number of rotatable bonds is 9. The summed E-state index contributed by atoms with van der Waals surface area (Å²) >= 11 is 0. The standard InChI is InChI=1S/C33H45N5/c1-25(21-35-15-12-29-6-4-5-7-32(29)23-35)22-37-18-19-38(27(37)3)24-33-11-10-31(20-34-33)30-13-16-36(17-14-30)26(2)28-8-9-28/h4-7,10-11,20,25,28,30H,2-3,8-9,12-19,21-24H2,1H3/t25-/m1/s1. The van der Waals surface area contributed by atoms with E-state index in [4.69, 9.17) is 4.98 Å². The van der Waals surface area contributed by atoms with Crippen LogP contribution < -0.4 is 0 Å². The zero-order valence-electron chi connectivity index (χ0n) is 23.3. The molecule has 0 radical (unpaired) electrons. The molecule has 202 valence electrons. The van der Waals surface area contributed by atoms with Crippen molar-refractivity contribution in [3.8, 4) is 0 Å². The fourth-order valence-corrected chi connectivity index (χ4v) is 6.79. The highest BCUT2D eigenvalue weighted by molar-refractivity contribution is 5.29. The number of pyridine rings is 1. The molecule has 5 heteroatoms. The fourth-order valence-electron chi connectivity index (χ4n) is 6.79. The Morgan fingerprint density at radius 1 is 0.921 bits per heavy atom. The summed E-state index contributed by atoms with van der Waals surface area (Å²) in [6, 6.07) is 13.5. The van der Waals surface area contributed by atoms with Gasteiger partial charge < -0.3 is 14.7 Å². The summed E-state index contributed by atoms with van der Waals surface area (Å²) in [7, 11) is 0. The molecule has 4 aliphatic rings. The van der Waals surface area contributed by atoms with Crippen molar-refractivity contribution in [1.82, 2.24) is 24.6 Å². The summed E-state index contributed by atoms with van der Waals surface area (Å²) in [6.07, 6.45) is 8.44. The lowest BCUT2D eigenvalue weighted by atomic mass is 9.90. The van der Waals surface area contributed by atoms with E-state index >= 15 is 0 Å². The minimum absolute atomic E-state index is 0.613. The summed E-state index contributed by atoms with van der Waals surface area (Å²) in [5, 5.41) is 0. The molecular formula is C33H45N5. The van der Waals surface area contributed by atoms with Gasteiger partial charge in [0.05, 0.1) is 18.1 Å². The first kappa shape index (κ1) is 25.5. The minimum Gasteiger partial charge on any atom is -0.375 e. The highest BCUT2D eigenvalue weighted by Gasteiger charge is 2.31. The van der Waals surface area contributed by atoms with E-state index < -0.39 is 0 Å². The van der Waals surface area contributed by atoms with Gasteiger partial charge in [-0.05, 0) is 72.6 Å². The number of piperidine rings is 1. The lowest BCUT2D eigenvalue weighted by molar-refractivity contribution is 0.194. The topological polar surface area (TPSA) is 25.9 Å². The van der Waals surface area contributed by atoms with Crippen LogP contribution >= 0.6 is 0 Å². The highest BCUT2D eigenvalue weighted by Crippen LogP contribution is 2.39. The second-order valence-electron chi connectivity index (χ2n) is 12.3. The number of benzene rings is 1. The number of hydrogen-bond donors (Lipinski definition) is 0. The van der Waals surface area contributed by atoms with Crippen LogP contribution in [0.4, 0.5) is 0 Å². The third-order valence-electron chi connectivity index (χ3n) is 9.30. The van der Waals surface area contributed by atoms with E-state index in [1.54, 1.807) is 0 Å². The van der Waals surface area contributed by atoms with Crippen LogP contribution in [0.3, 0.4) is 0 Å². The Kier molecular flexibility index (Phi) is 7.47. The molecule has 6 rings (SSSR count). The van der Waals surface area contributed by atoms with Crippen LogP contribution in [0.2, 0.25) is 0 Å². The Hall–Kier alpha value is -2.79. The van der Waals surface area contributed by atoms with Crippen molar-refractivity contribution in [2.24, 2.45) is 11.8 Å². The van der Waals surface area contributed by atoms with Gasteiger partial charge in [-0.25, -0.2) is 0 Å². The van der Waals surface area contributed by atoms with Crippen molar-refractivity contribution in [1.29, 1.82) is 0 Å². The Bertz CT molecular complexity index is 1130. The molecule has 0 N–H and O–H groups in total. The Morgan fingerprint density at radius 2 is 1.68 bits per heavy atom. The zero-order chi connectivity index (χ0) is 26.1. The molecule has 2 saturated heterocycles. The van der Waals surface area contributed by atoms with Crippen molar-refractivity contribution < 1.29 is 0 Å². The smallest absolute Gasteiger partial charge is 0.0970 e. The maximum absolute atomic E-state index is 4.89. The first-order chi connectivity index (χ1) is 18.5. The summed E-state index contributed by atoms with van der Waals surface area (Å²) in [6.45, 7) is 20.9. The second kappa shape index (κ2) is 11.1. The molecule has 1 atom stereocenters. The SMILES string of the molecule is C=C(C1CC1)N1CCC(c2ccc(CN3CCN(C[C@H](C)CN4CCc5ccccc5C4)C3=C)nc2)CC1. The maximum Gasteiger partial charge on any atom is 0.0970 e. The largest absolute Gasteiger partial charge is 0.375 e. The molecule has 1 aromatic carbocycles. The molecule has 1 saturated carbocycles. The Morgan fingerprint density at radius 3 is 2.42 bits per heavy atom. The average Bonchev–Trinajstić information content (AvgIpc) is 3.75. The Balaban J connectivity index is 0.955. The third-order valence-corrected chi connectivity index (χ3v) is 9.30. The Labute approximate surface area is 229 Å². The number of nitrogens with zero attached hydrogens (tertiary/aromatic N) is 5. The fraction of sp³-hybridized carbons (Fsp3) is 0.545. The van der Waals surface area contributed by atoms with Gasteiger partial charge in [0.15, 0.2) is 0 Å². The molecule has 38 heavy (non-hydrogen) atoms. The molecule has 2 aromatic rings. The van der Waals surface area contributed by atoms with Crippen LogP contribution in [0.25, 0.3) is 0 Å². The highest BCUT2D eigenvalue weighted by atomic mass is 15.4. The van der Waals surface area contributed by atoms with Gasteiger partial charge in [0.1, 0.15) is 0 Å². The van der Waals surface area contributed by atoms with Gasteiger partial charge in [-0.15, -0.1) is 0 Å². The lowest BCUT2D eigenvalue weighted by Gasteiger charge is -2.35. The normalized spacial score (nSPS) is 21.6. The third kappa shape index (κ3) is 5.78. The quantitative estimate of drug-likeness (QED) is 0.445. The lowest BCUT2D eigenvalue weighted by Crippen LogP contribution is -2.37. The van der Waals surface area contributed by atoms with Crippen LogP contribution in [-0.4, -0.2) is 70.4 Å². The number of likely N-dealkylation sites (tertiary alicyclic amines) is 1. The molecule has 3 aliphatic heterocycles. The molecule has 0 amide bonds. The first-order valence-electron chi connectivity index (χ1n) is 14.9. The van der Waals surface area contributed by atoms with Gasteiger partial charge in [-0.1, -0.05) is 50.4 Å². The minimum atomic E-state index is 0.613. The van der Waals surface area contributed by atoms with E-state index in [1.165, 1.54) is 61.0 Å². The van der Waals surface area contributed by atoms with Crippen molar-refractivity contribution in [3.05, 3.63) is 89.7 Å². The van der Waals surface area contributed by atoms with E-state index in [2.05, 4.69) is 82.3 Å². The predicted molar refractivity (Wildman–Crippen MR) is 155 cm³/mol. The van der Waals surface area contributed by atoms with Crippen LogP contribution in [0.1, 0.15) is 60.9 Å². The van der Waals surface area contributed by atoms with E-state index in [9.17, 15) is 0 Å². The summed E-state index contributed by atoms with van der Waals surface area (Å²) < 4.78 is 0. The summed E-state index contributed by atoms with van der Waals surface area (Å²) in [5.41, 5.74) is 6.98. The molecule has 0 spiro atoms. The van der Waals surface area contributed by atoms with Gasteiger partial charge in [0.25, 0.3) is 0 Å². The van der Waals surface area contributed by atoms with Crippen molar-refractivity contribution in [2.75, 3.05) is 45.8 Å². The molecule has 1 aromatic heterocycles. The van der Waals surface area contributed by atoms with Crippen LogP contribution in [0, 0.1) is 11.8 Å². The van der Waals surface area contributed by atoms with Crippen LogP contribution in [0.15, 0.2) is 67.3 Å². The van der Waals surface area contributed by atoms with Gasteiger partial charge in [-0.3, -0.25) is 9.88 Å². The van der Waals surface area contributed by atoms with Gasteiger partial charge >= 0.3 is 0 Å². The predicted octanol–water partition coefficient (Wildman–Crippen LogP) is 5.47. The number of hydrogen-bond acceptors (Lipinski definition) is 5. The van der Waals surface area contributed by atoms with E-state index in [1.807, 2.05) is 0 Å². The van der Waals surface area contributed by atoms with E-state index in [-0.39, 0.29) is 0 Å². The molecule has 0 unspecified atom stereocenters. The van der Waals surface area contributed by atoms with Crippen LogP contribution in [-0.2, 0) is 19.5 Å². The zero-order valence-corrected chi connectivity index (χ0v) is 23.3. The van der Waals surface area contributed by atoms with Crippen molar-refractivity contribution >= 4 is 0 Å². The molecule has 1 aliphatic carbocycles. The van der Waals surface area contributed by atoms with Gasteiger partial charge in [0.2, 0.25) is 0 Å². The summed E-state index contributed by atoms with van der Waals surface area (Å²) in [5.74, 6) is 3.18. The molecular weight excluding hydrogens is 466 g/mol. The molecule has 3 fully saturated rings. The van der Waals surface area contributed by atoms with E-state index in [0.717, 1.165) is 69.8 Å². The molecule has 5 nitrogen and oxygen atoms in total. The summed E-state index contributed by atoms with van der Waals surface area (Å²) in [4.78, 5) is 14.9. The average molecular weight is 512 g/mol.